The number of carbonyl (C=O) groups excluding carboxylic acids is 2. The molecule has 0 aliphatic carbocycles. The number of benzene rings is 3. The lowest BCUT2D eigenvalue weighted by molar-refractivity contribution is 0.0853. The van der Waals surface area contributed by atoms with Gasteiger partial charge in [0, 0.05) is 35.7 Å². The molecule has 57 heavy (non-hydrogen) atoms. The monoisotopic (exact) mass is 814 g/mol. The van der Waals surface area contributed by atoms with Gasteiger partial charge < -0.3 is 24.8 Å². The van der Waals surface area contributed by atoms with Crippen LogP contribution in [0.5, 0.6) is 17.2 Å². The van der Waals surface area contributed by atoms with Crippen LogP contribution in [0.2, 0.25) is 0 Å². The Kier molecular flexibility index (Phi) is 17.1. The van der Waals surface area contributed by atoms with E-state index in [1.165, 1.54) is 37.4 Å². The molecular weight excluding hydrogens is 753 g/mol. The van der Waals surface area contributed by atoms with Gasteiger partial charge in [-0.05, 0) is 86.9 Å². The van der Waals surface area contributed by atoms with Gasteiger partial charge in [0.1, 0.15) is 10.1 Å². The molecule has 5 rings (SSSR count). The minimum Gasteiger partial charge on any atom is -0.497 e. The number of aryl methyl sites for hydroxylation is 1. The molecule has 0 spiro atoms. The number of anilines is 1. The molecule has 9 nitrogen and oxygen atoms in total. The molecule has 2 amide bonds. The topological polar surface area (TPSA) is 102 Å². The van der Waals surface area contributed by atoms with Crippen LogP contribution in [0.1, 0.15) is 125 Å². The number of fused-ring (bicyclic) bond motifs is 2. The molecule has 0 radical (unpaired) electrons. The van der Waals surface area contributed by atoms with E-state index in [9.17, 15) is 9.59 Å². The van der Waals surface area contributed by atoms with Gasteiger partial charge in [-0.2, -0.15) is 0 Å². The first kappa shape index (κ1) is 44.0. The highest BCUT2D eigenvalue weighted by atomic mass is 32.2. The molecular formula is C46H62N4O5S2. The Labute approximate surface area is 349 Å². The number of carbonyl (C=O) groups is 2. The van der Waals surface area contributed by atoms with Crippen LogP contribution in [0.15, 0.2) is 48.5 Å². The molecule has 0 bridgehead atoms. The van der Waals surface area contributed by atoms with Crippen molar-refractivity contribution in [3.8, 4) is 17.2 Å². The van der Waals surface area contributed by atoms with Gasteiger partial charge in [-0.1, -0.05) is 102 Å². The zero-order chi connectivity index (χ0) is 40.7. The number of ether oxygens (including phenoxy) is 3. The first-order chi connectivity index (χ1) is 27.7. The highest BCUT2D eigenvalue weighted by Crippen LogP contribution is 2.38. The molecule has 1 fully saturated rings. The Balaban J connectivity index is 1.32. The van der Waals surface area contributed by atoms with Crippen LogP contribution in [0.25, 0.3) is 21.8 Å². The van der Waals surface area contributed by atoms with Crippen LogP contribution in [-0.4, -0.2) is 71.2 Å². The Hall–Kier alpha value is -4.09. The number of thiocarbonyl (C=S) groups is 1. The lowest BCUT2D eigenvalue weighted by Gasteiger charge is -2.22. The number of methoxy groups -OCH3 is 1. The standard InChI is InChI=1S/C46H62N4O5S2/c1-7-11-26-54-42-36(21-22-37(43(42)55-27-12-8-2)45(52)50-25-28-57-46(50)56)44(51)47-24-14-17-33-18-20-35-40(29-33)49-39-23-19-34(53-6)30-38(39)41(35)48-31(5)15-13-16-32(9-3)10-4/h18-23,29-32H,7-17,24-28H2,1-6H3,(H,47,51)(H,48,49). The molecule has 1 unspecified atom stereocenters. The van der Waals surface area contributed by atoms with Gasteiger partial charge in [-0.3, -0.25) is 14.5 Å². The number of amides is 2. The summed E-state index contributed by atoms with van der Waals surface area (Å²) in [6.45, 7) is 12.8. The van der Waals surface area contributed by atoms with Gasteiger partial charge in [0.2, 0.25) is 0 Å². The van der Waals surface area contributed by atoms with Crippen molar-refractivity contribution < 1.29 is 23.8 Å². The van der Waals surface area contributed by atoms with Gasteiger partial charge in [0.25, 0.3) is 11.8 Å². The van der Waals surface area contributed by atoms with Gasteiger partial charge in [0.05, 0.1) is 48.2 Å². The average Bonchev–Trinajstić information content (AvgIpc) is 3.66. The summed E-state index contributed by atoms with van der Waals surface area (Å²) in [7, 11) is 1.70. The highest BCUT2D eigenvalue weighted by molar-refractivity contribution is 8.23. The molecule has 11 heteroatoms. The quantitative estimate of drug-likeness (QED) is 0.0430. The third-order valence-electron chi connectivity index (χ3n) is 10.8. The Morgan fingerprint density at radius 3 is 2.25 bits per heavy atom. The highest BCUT2D eigenvalue weighted by Gasteiger charge is 2.31. The third kappa shape index (κ3) is 11.5. The number of hydrogen-bond donors (Lipinski definition) is 2. The maximum absolute atomic E-state index is 13.8. The Morgan fingerprint density at radius 1 is 0.860 bits per heavy atom. The second kappa shape index (κ2) is 22.2. The van der Waals surface area contributed by atoms with Gasteiger partial charge in [-0.25, -0.2) is 4.98 Å². The molecule has 1 aromatic heterocycles. The summed E-state index contributed by atoms with van der Waals surface area (Å²) in [5.74, 6) is 2.50. The first-order valence-electron chi connectivity index (χ1n) is 21.1. The third-order valence-corrected chi connectivity index (χ3v) is 12.3. The molecule has 3 aromatic carbocycles. The number of hydrogen-bond acceptors (Lipinski definition) is 9. The van der Waals surface area contributed by atoms with E-state index in [4.69, 9.17) is 31.4 Å². The van der Waals surface area contributed by atoms with Crippen LogP contribution in [0, 0.1) is 5.92 Å². The molecule has 2 heterocycles. The lowest BCUT2D eigenvalue weighted by atomic mass is 9.95. The molecule has 308 valence electrons. The largest absolute Gasteiger partial charge is 0.497 e. The van der Waals surface area contributed by atoms with Crippen molar-refractivity contribution in [2.45, 2.75) is 111 Å². The predicted octanol–water partition coefficient (Wildman–Crippen LogP) is 11.0. The SMILES string of the molecule is CCCCOc1c(C(=O)NCCCc2ccc3c(NC(C)CCCC(CC)CC)c4cc(OC)ccc4nc3c2)ccc(C(=O)N2CCSC2=S)c1OCCCC. The zero-order valence-electron chi connectivity index (χ0n) is 34.8. The molecule has 1 aliphatic heterocycles. The second-order valence-electron chi connectivity index (χ2n) is 15.0. The number of unbranched alkanes of at least 4 members (excludes halogenated alkanes) is 2. The lowest BCUT2D eigenvalue weighted by Crippen LogP contribution is -2.31. The predicted molar refractivity (Wildman–Crippen MR) is 241 cm³/mol. The Morgan fingerprint density at radius 2 is 1.58 bits per heavy atom. The number of pyridine rings is 1. The van der Waals surface area contributed by atoms with E-state index in [-0.39, 0.29) is 11.8 Å². The summed E-state index contributed by atoms with van der Waals surface area (Å²) in [5.41, 5.74) is 4.82. The first-order valence-corrected chi connectivity index (χ1v) is 22.5. The minimum atomic E-state index is -0.264. The molecule has 1 aliphatic rings. The van der Waals surface area contributed by atoms with Gasteiger partial charge in [0.15, 0.2) is 11.5 Å². The van der Waals surface area contributed by atoms with E-state index in [1.807, 2.05) is 12.1 Å². The molecule has 2 N–H and O–H groups in total. The summed E-state index contributed by atoms with van der Waals surface area (Å²) in [6, 6.07) is 16.2. The fraction of sp³-hybridized carbons (Fsp3) is 0.522. The van der Waals surface area contributed by atoms with Crippen molar-refractivity contribution in [1.82, 2.24) is 15.2 Å². The second-order valence-corrected chi connectivity index (χ2v) is 16.8. The number of aromatic nitrogens is 1. The van der Waals surface area contributed by atoms with Crippen LogP contribution in [0.4, 0.5) is 5.69 Å². The number of rotatable bonds is 23. The van der Waals surface area contributed by atoms with Crippen LogP contribution >= 0.6 is 24.0 Å². The number of nitrogens with one attached hydrogen (secondary N) is 2. The van der Waals surface area contributed by atoms with Gasteiger partial charge >= 0.3 is 0 Å². The number of nitrogens with zero attached hydrogens (tertiary/aromatic N) is 2. The molecule has 1 atom stereocenters. The molecule has 1 saturated heterocycles. The summed E-state index contributed by atoms with van der Waals surface area (Å²) in [6.07, 6.45) is 11.0. The van der Waals surface area contributed by atoms with E-state index in [1.54, 1.807) is 24.1 Å². The smallest absolute Gasteiger partial charge is 0.263 e. The summed E-state index contributed by atoms with van der Waals surface area (Å²) >= 11 is 6.96. The van der Waals surface area contributed by atoms with E-state index in [2.05, 4.69) is 69.5 Å². The fourth-order valence-corrected chi connectivity index (χ4v) is 8.48. The number of thioether (sulfide) groups is 1. The summed E-state index contributed by atoms with van der Waals surface area (Å²) in [5, 5.41) is 9.11. The van der Waals surface area contributed by atoms with Crippen molar-refractivity contribution in [3.05, 3.63) is 65.2 Å². The van der Waals surface area contributed by atoms with E-state index >= 15 is 0 Å². The maximum Gasteiger partial charge on any atom is 0.263 e. The van der Waals surface area contributed by atoms with Crippen molar-refractivity contribution in [2.75, 3.05) is 44.5 Å². The van der Waals surface area contributed by atoms with E-state index in [0.29, 0.717) is 59.3 Å². The molecule has 0 saturated carbocycles. The van der Waals surface area contributed by atoms with Crippen LogP contribution < -0.4 is 24.8 Å². The van der Waals surface area contributed by atoms with Crippen LogP contribution in [0.3, 0.4) is 0 Å². The fourth-order valence-electron chi connectivity index (χ4n) is 7.28. The average molecular weight is 815 g/mol. The molecule has 4 aromatic rings. The minimum absolute atomic E-state index is 0.230. The van der Waals surface area contributed by atoms with Crippen LogP contribution in [-0.2, 0) is 6.42 Å². The summed E-state index contributed by atoms with van der Waals surface area (Å²) < 4.78 is 18.7. The maximum atomic E-state index is 13.8. The zero-order valence-corrected chi connectivity index (χ0v) is 36.5. The van der Waals surface area contributed by atoms with E-state index in [0.717, 1.165) is 95.4 Å². The van der Waals surface area contributed by atoms with Crippen molar-refractivity contribution in [1.29, 1.82) is 0 Å². The van der Waals surface area contributed by atoms with Gasteiger partial charge in [-0.15, -0.1) is 0 Å². The van der Waals surface area contributed by atoms with E-state index < -0.39 is 0 Å². The van der Waals surface area contributed by atoms with Crippen molar-refractivity contribution in [2.24, 2.45) is 5.92 Å². The van der Waals surface area contributed by atoms with Crippen molar-refractivity contribution >= 4 is 67.6 Å². The normalized spacial score (nSPS) is 13.4. The Bertz CT molecular complexity index is 1980. The van der Waals surface area contributed by atoms with Crippen molar-refractivity contribution in [3.63, 3.8) is 0 Å². The summed E-state index contributed by atoms with van der Waals surface area (Å²) in [4.78, 5) is 34.2.